The number of aliphatic imine (C=N–C) groups is 1. The second-order valence-corrected chi connectivity index (χ2v) is 9.15. The number of fused-ring (bicyclic) bond motifs is 1. The van der Waals surface area contributed by atoms with E-state index in [1.54, 1.807) is 11.3 Å². The van der Waals surface area contributed by atoms with E-state index in [9.17, 15) is 4.79 Å². The summed E-state index contributed by atoms with van der Waals surface area (Å²) in [5.74, 6) is 1.21. The van der Waals surface area contributed by atoms with Gasteiger partial charge in [0.2, 0.25) is 5.91 Å². The quantitative estimate of drug-likeness (QED) is 0.240. The number of anilines is 1. The van der Waals surface area contributed by atoms with Crippen LogP contribution in [0, 0.1) is 0 Å². The van der Waals surface area contributed by atoms with Gasteiger partial charge in [-0.3, -0.25) is 14.7 Å². The fourth-order valence-corrected chi connectivity index (χ4v) is 5.19. The number of halogens is 1. The fourth-order valence-electron chi connectivity index (χ4n) is 4.30. The van der Waals surface area contributed by atoms with Crippen molar-refractivity contribution in [2.75, 3.05) is 64.7 Å². The fraction of sp³-hybridized carbons (Fsp3) is 0.591. The van der Waals surface area contributed by atoms with Crippen molar-refractivity contribution in [2.45, 2.75) is 25.8 Å². The van der Waals surface area contributed by atoms with Crippen LogP contribution in [0.4, 0.5) is 5.13 Å². The predicted molar refractivity (Wildman–Crippen MR) is 143 cm³/mol. The Hall–Kier alpha value is -1.66. The average Bonchev–Trinajstić information content (AvgIpc) is 3.48. The SMILES string of the molecule is CN=C(NCCNc1nc2ccccc2s1)N1CCN(C(C)C(=O)N2CCCC2)CC1.I. The number of piperazine rings is 1. The topological polar surface area (TPSA) is 76.1 Å². The number of aromatic nitrogens is 1. The molecule has 2 fully saturated rings. The maximum atomic E-state index is 12.7. The van der Waals surface area contributed by atoms with E-state index in [1.807, 2.05) is 30.1 Å². The molecule has 1 atom stereocenters. The molecule has 2 saturated heterocycles. The molecule has 1 amide bonds. The van der Waals surface area contributed by atoms with Crippen molar-refractivity contribution in [1.29, 1.82) is 0 Å². The molecule has 1 unspecified atom stereocenters. The Labute approximate surface area is 211 Å². The van der Waals surface area contributed by atoms with Crippen molar-refractivity contribution in [3.63, 3.8) is 0 Å². The number of para-hydroxylation sites is 1. The van der Waals surface area contributed by atoms with E-state index in [0.29, 0.717) is 0 Å². The summed E-state index contributed by atoms with van der Waals surface area (Å²) in [5.41, 5.74) is 1.04. The van der Waals surface area contributed by atoms with E-state index in [0.717, 1.165) is 81.8 Å². The molecule has 176 valence electrons. The van der Waals surface area contributed by atoms with Gasteiger partial charge < -0.3 is 20.4 Å². The van der Waals surface area contributed by atoms with Crippen LogP contribution in [0.5, 0.6) is 0 Å². The standard InChI is InChI=1S/C22H33N7OS.HI/c1-17(20(30)28-11-5-6-12-28)27-13-15-29(16-14-27)21(23-2)24-9-10-25-22-26-18-7-3-4-8-19(18)31-22;/h3-4,7-8,17H,5-6,9-16H2,1-2H3,(H,23,24)(H,25,26);1H. The van der Waals surface area contributed by atoms with E-state index in [-0.39, 0.29) is 35.9 Å². The van der Waals surface area contributed by atoms with Crippen LogP contribution in [-0.4, -0.2) is 97.0 Å². The Morgan fingerprint density at radius 1 is 1.09 bits per heavy atom. The third kappa shape index (κ3) is 6.02. The Balaban J connectivity index is 0.00000289. The lowest BCUT2D eigenvalue weighted by atomic mass is 10.2. The molecular formula is C22H34IN7OS. The Kier molecular flexibility index (Phi) is 9.35. The van der Waals surface area contributed by atoms with Gasteiger partial charge in [-0.15, -0.1) is 24.0 Å². The zero-order chi connectivity index (χ0) is 21.6. The highest BCUT2D eigenvalue weighted by Crippen LogP contribution is 2.24. The van der Waals surface area contributed by atoms with E-state index >= 15 is 0 Å². The van der Waals surface area contributed by atoms with Gasteiger partial charge >= 0.3 is 0 Å². The van der Waals surface area contributed by atoms with Gasteiger partial charge in [0.05, 0.1) is 16.3 Å². The monoisotopic (exact) mass is 571 g/mol. The van der Waals surface area contributed by atoms with Crippen LogP contribution in [0.25, 0.3) is 10.2 Å². The summed E-state index contributed by atoms with van der Waals surface area (Å²) in [6.07, 6.45) is 2.28. The van der Waals surface area contributed by atoms with Crippen molar-refractivity contribution < 1.29 is 4.79 Å². The largest absolute Gasteiger partial charge is 0.360 e. The molecular weight excluding hydrogens is 537 g/mol. The van der Waals surface area contributed by atoms with E-state index in [4.69, 9.17) is 0 Å². The predicted octanol–water partition coefficient (Wildman–Crippen LogP) is 2.53. The Morgan fingerprint density at radius 3 is 2.50 bits per heavy atom. The molecule has 1 aromatic carbocycles. The van der Waals surface area contributed by atoms with Crippen LogP contribution < -0.4 is 10.6 Å². The number of rotatable bonds is 6. The zero-order valence-corrected chi connectivity index (χ0v) is 22.1. The molecule has 1 aromatic heterocycles. The molecule has 2 N–H and O–H groups in total. The van der Waals surface area contributed by atoms with Gasteiger partial charge in [0.25, 0.3) is 0 Å². The number of thiazole rings is 1. The molecule has 2 aliphatic heterocycles. The van der Waals surface area contributed by atoms with Crippen LogP contribution in [0.3, 0.4) is 0 Å². The highest BCUT2D eigenvalue weighted by Gasteiger charge is 2.30. The molecule has 2 aliphatic rings. The van der Waals surface area contributed by atoms with Crippen molar-refractivity contribution in [3.05, 3.63) is 24.3 Å². The van der Waals surface area contributed by atoms with Gasteiger partial charge in [-0.1, -0.05) is 23.5 Å². The molecule has 0 radical (unpaired) electrons. The van der Waals surface area contributed by atoms with Gasteiger partial charge in [0.15, 0.2) is 11.1 Å². The molecule has 0 bridgehead atoms. The zero-order valence-electron chi connectivity index (χ0n) is 18.9. The third-order valence-electron chi connectivity index (χ3n) is 6.13. The van der Waals surface area contributed by atoms with Crippen molar-refractivity contribution in [1.82, 2.24) is 25.0 Å². The molecule has 3 heterocycles. The van der Waals surface area contributed by atoms with Crippen molar-refractivity contribution in [3.8, 4) is 0 Å². The smallest absolute Gasteiger partial charge is 0.239 e. The number of carbonyl (C=O) groups excluding carboxylic acids is 1. The maximum Gasteiger partial charge on any atom is 0.239 e. The number of nitrogens with zero attached hydrogens (tertiary/aromatic N) is 5. The minimum Gasteiger partial charge on any atom is -0.360 e. The second-order valence-electron chi connectivity index (χ2n) is 8.12. The molecule has 32 heavy (non-hydrogen) atoms. The number of nitrogens with one attached hydrogen (secondary N) is 2. The molecule has 0 spiro atoms. The summed E-state index contributed by atoms with van der Waals surface area (Å²) in [6.45, 7) is 8.96. The number of hydrogen-bond donors (Lipinski definition) is 2. The highest BCUT2D eigenvalue weighted by molar-refractivity contribution is 14.0. The first-order valence-corrected chi connectivity index (χ1v) is 12.1. The van der Waals surface area contributed by atoms with Crippen molar-refractivity contribution in [2.24, 2.45) is 4.99 Å². The number of guanidine groups is 1. The van der Waals surface area contributed by atoms with Crippen LogP contribution in [0.1, 0.15) is 19.8 Å². The van der Waals surface area contributed by atoms with Crippen LogP contribution in [-0.2, 0) is 4.79 Å². The highest BCUT2D eigenvalue weighted by atomic mass is 127. The number of hydrogen-bond acceptors (Lipinski definition) is 6. The first-order chi connectivity index (χ1) is 15.2. The summed E-state index contributed by atoms with van der Waals surface area (Å²) >= 11 is 1.68. The summed E-state index contributed by atoms with van der Waals surface area (Å²) in [4.78, 5) is 28.4. The molecule has 4 rings (SSSR count). The van der Waals surface area contributed by atoms with Crippen LogP contribution >= 0.6 is 35.3 Å². The number of amides is 1. The molecule has 8 nitrogen and oxygen atoms in total. The van der Waals surface area contributed by atoms with Gasteiger partial charge in [-0.2, -0.15) is 0 Å². The lowest BCUT2D eigenvalue weighted by molar-refractivity contribution is -0.135. The average molecular weight is 572 g/mol. The summed E-state index contributed by atoms with van der Waals surface area (Å²) in [7, 11) is 1.83. The minimum atomic E-state index is -0.0340. The summed E-state index contributed by atoms with van der Waals surface area (Å²) in [5, 5.41) is 7.80. The lowest BCUT2D eigenvalue weighted by Gasteiger charge is -2.39. The van der Waals surface area contributed by atoms with Gasteiger partial charge in [-0.25, -0.2) is 4.98 Å². The number of carbonyl (C=O) groups is 1. The molecule has 2 aromatic rings. The minimum absolute atomic E-state index is 0. The third-order valence-corrected chi connectivity index (χ3v) is 7.12. The number of benzene rings is 1. The molecule has 10 heteroatoms. The van der Waals surface area contributed by atoms with Gasteiger partial charge in [0, 0.05) is 59.4 Å². The van der Waals surface area contributed by atoms with E-state index < -0.39 is 0 Å². The van der Waals surface area contributed by atoms with Crippen LogP contribution in [0.2, 0.25) is 0 Å². The maximum absolute atomic E-state index is 12.7. The van der Waals surface area contributed by atoms with E-state index in [2.05, 4.69) is 43.4 Å². The normalized spacial score (nSPS) is 18.5. The first kappa shape index (κ1) is 25.0. The molecule has 0 aliphatic carbocycles. The Morgan fingerprint density at radius 2 is 1.81 bits per heavy atom. The van der Waals surface area contributed by atoms with Gasteiger partial charge in [-0.05, 0) is 31.9 Å². The lowest BCUT2D eigenvalue weighted by Crippen LogP contribution is -2.57. The Bertz CT molecular complexity index is 874. The van der Waals surface area contributed by atoms with Gasteiger partial charge in [0.1, 0.15) is 0 Å². The summed E-state index contributed by atoms with van der Waals surface area (Å²) < 4.78 is 1.20. The molecule has 0 saturated carbocycles. The van der Waals surface area contributed by atoms with Crippen molar-refractivity contribution >= 4 is 62.5 Å². The van der Waals surface area contributed by atoms with Crippen LogP contribution in [0.15, 0.2) is 29.3 Å². The number of likely N-dealkylation sites (tertiary alicyclic amines) is 1. The first-order valence-electron chi connectivity index (χ1n) is 11.2. The summed E-state index contributed by atoms with van der Waals surface area (Å²) in [6, 6.07) is 8.15. The second kappa shape index (κ2) is 12.0. The van der Waals surface area contributed by atoms with E-state index in [1.165, 1.54) is 4.70 Å².